The molecule has 1 aliphatic heterocycles. The van der Waals surface area contributed by atoms with Gasteiger partial charge in [-0.2, -0.15) is 5.10 Å². The molecule has 5 nitrogen and oxygen atoms in total. The maximum absolute atomic E-state index is 6.08. The second kappa shape index (κ2) is 5.13. The summed E-state index contributed by atoms with van der Waals surface area (Å²) >= 11 is 6.08. The molecule has 2 aromatic rings. The molecule has 0 bridgehead atoms. The van der Waals surface area contributed by atoms with Gasteiger partial charge in [-0.15, -0.1) is 11.6 Å². The van der Waals surface area contributed by atoms with Crippen LogP contribution in [0.2, 0.25) is 0 Å². The van der Waals surface area contributed by atoms with Crippen molar-refractivity contribution in [3.8, 4) is 0 Å². The van der Waals surface area contributed by atoms with E-state index < -0.39 is 0 Å². The molecule has 3 heterocycles. The van der Waals surface area contributed by atoms with Gasteiger partial charge in [0.15, 0.2) is 5.65 Å². The molecule has 1 aliphatic rings. The lowest BCUT2D eigenvalue weighted by molar-refractivity contribution is 0.0697. The van der Waals surface area contributed by atoms with Crippen LogP contribution in [0.1, 0.15) is 37.3 Å². The molecule has 104 valence electrons. The zero-order chi connectivity index (χ0) is 13.4. The number of hydrogen-bond donors (Lipinski definition) is 0. The second-order valence-electron chi connectivity index (χ2n) is 4.97. The first-order chi connectivity index (χ1) is 9.26. The summed E-state index contributed by atoms with van der Waals surface area (Å²) in [6.45, 7) is 3.73. The van der Waals surface area contributed by atoms with Gasteiger partial charge in [0, 0.05) is 26.3 Å². The molecule has 1 fully saturated rings. The van der Waals surface area contributed by atoms with E-state index in [1.165, 1.54) is 0 Å². The molecule has 0 aromatic carbocycles. The van der Waals surface area contributed by atoms with E-state index in [-0.39, 0.29) is 0 Å². The predicted octanol–water partition coefficient (Wildman–Crippen LogP) is 2.42. The average Bonchev–Trinajstić information content (AvgIpc) is 2.97. The molecule has 19 heavy (non-hydrogen) atoms. The Kier molecular flexibility index (Phi) is 3.50. The fourth-order valence-electron chi connectivity index (χ4n) is 2.91. The van der Waals surface area contributed by atoms with Crippen LogP contribution in [0.5, 0.6) is 0 Å². The van der Waals surface area contributed by atoms with Crippen molar-refractivity contribution in [2.75, 3.05) is 13.2 Å². The van der Waals surface area contributed by atoms with Crippen LogP contribution in [0.4, 0.5) is 0 Å². The first-order valence-electron chi connectivity index (χ1n) is 6.82. The number of alkyl halides is 1. The van der Waals surface area contributed by atoms with Gasteiger partial charge in [0.1, 0.15) is 11.3 Å². The van der Waals surface area contributed by atoms with E-state index in [1.54, 1.807) is 0 Å². The van der Waals surface area contributed by atoms with Crippen molar-refractivity contribution in [2.24, 2.45) is 7.05 Å². The lowest BCUT2D eigenvalue weighted by atomic mass is 10.1. The number of rotatable bonds is 3. The van der Waals surface area contributed by atoms with Crippen molar-refractivity contribution in [1.82, 2.24) is 19.3 Å². The van der Waals surface area contributed by atoms with Gasteiger partial charge in [-0.05, 0) is 19.3 Å². The first kappa shape index (κ1) is 12.9. The van der Waals surface area contributed by atoms with Crippen molar-refractivity contribution in [3.63, 3.8) is 0 Å². The largest absolute Gasteiger partial charge is 0.381 e. The monoisotopic (exact) mass is 282 g/mol. The van der Waals surface area contributed by atoms with E-state index in [9.17, 15) is 0 Å². The minimum Gasteiger partial charge on any atom is -0.381 e. The Labute approximate surface area is 117 Å². The number of fused-ring (bicyclic) bond motifs is 1. The Morgan fingerprint density at radius 2 is 2.11 bits per heavy atom. The number of aromatic nitrogens is 4. The molecule has 0 spiro atoms. The molecule has 0 unspecified atom stereocenters. The second-order valence-corrected chi connectivity index (χ2v) is 5.24. The summed E-state index contributed by atoms with van der Waals surface area (Å²) in [7, 11) is 1.98. The molecule has 1 saturated heterocycles. The van der Waals surface area contributed by atoms with Gasteiger partial charge < -0.3 is 9.30 Å². The highest BCUT2D eigenvalue weighted by molar-refractivity contribution is 6.16. The van der Waals surface area contributed by atoms with Gasteiger partial charge in [-0.1, -0.05) is 6.92 Å². The standard InChI is InChI=1S/C13H19ClN4O/c1-3-10-12-13(17(2)16-10)18(11(8-14)15-12)9-4-6-19-7-5-9/h9H,3-8H2,1-2H3. The predicted molar refractivity (Wildman–Crippen MR) is 74.5 cm³/mol. The van der Waals surface area contributed by atoms with Crippen LogP contribution in [0.25, 0.3) is 11.2 Å². The van der Waals surface area contributed by atoms with Gasteiger partial charge in [-0.25, -0.2) is 4.98 Å². The smallest absolute Gasteiger partial charge is 0.158 e. The summed E-state index contributed by atoms with van der Waals surface area (Å²) in [6, 6.07) is 0.424. The third-order valence-electron chi connectivity index (χ3n) is 3.82. The van der Waals surface area contributed by atoms with Crippen molar-refractivity contribution in [3.05, 3.63) is 11.5 Å². The number of imidazole rings is 1. The Hall–Kier alpha value is -1.07. The van der Waals surface area contributed by atoms with Crippen molar-refractivity contribution in [1.29, 1.82) is 0 Å². The molecule has 6 heteroatoms. The van der Waals surface area contributed by atoms with Crippen LogP contribution < -0.4 is 0 Å². The van der Waals surface area contributed by atoms with Crippen LogP contribution in [0, 0.1) is 0 Å². The fourth-order valence-corrected chi connectivity index (χ4v) is 3.10. The Morgan fingerprint density at radius 1 is 1.37 bits per heavy atom. The number of nitrogens with zero attached hydrogens (tertiary/aromatic N) is 4. The van der Waals surface area contributed by atoms with Crippen molar-refractivity contribution >= 4 is 22.8 Å². The van der Waals surface area contributed by atoms with E-state index in [0.29, 0.717) is 11.9 Å². The molecule has 0 atom stereocenters. The van der Waals surface area contributed by atoms with Gasteiger partial charge in [-0.3, -0.25) is 4.68 Å². The molecule has 0 aliphatic carbocycles. The molecule has 2 aromatic heterocycles. The number of aryl methyl sites for hydroxylation is 2. The molecule has 0 amide bonds. The van der Waals surface area contributed by atoms with E-state index in [1.807, 2.05) is 11.7 Å². The van der Waals surface area contributed by atoms with Crippen LogP contribution in [-0.4, -0.2) is 32.5 Å². The number of halogens is 1. The van der Waals surface area contributed by atoms with Gasteiger partial charge in [0.25, 0.3) is 0 Å². The quantitative estimate of drug-likeness (QED) is 0.812. The summed E-state index contributed by atoms with van der Waals surface area (Å²) in [5, 5.41) is 4.56. The van der Waals surface area contributed by atoms with Crippen LogP contribution in [0.3, 0.4) is 0 Å². The Balaban J connectivity index is 2.17. The third kappa shape index (κ3) is 2.05. The van der Waals surface area contributed by atoms with E-state index in [4.69, 9.17) is 21.3 Å². The minimum atomic E-state index is 0.424. The Morgan fingerprint density at radius 3 is 2.74 bits per heavy atom. The van der Waals surface area contributed by atoms with E-state index >= 15 is 0 Å². The van der Waals surface area contributed by atoms with Crippen LogP contribution >= 0.6 is 11.6 Å². The maximum atomic E-state index is 6.08. The molecule has 0 saturated carbocycles. The molecular weight excluding hydrogens is 264 g/mol. The Bertz CT molecular complexity index is 583. The molecular formula is C13H19ClN4O. The zero-order valence-corrected chi connectivity index (χ0v) is 12.2. The first-order valence-corrected chi connectivity index (χ1v) is 7.36. The molecule has 0 radical (unpaired) electrons. The zero-order valence-electron chi connectivity index (χ0n) is 11.4. The topological polar surface area (TPSA) is 44.9 Å². The summed E-state index contributed by atoms with van der Waals surface area (Å²) in [6.07, 6.45) is 2.92. The number of ether oxygens (including phenoxy) is 1. The fraction of sp³-hybridized carbons (Fsp3) is 0.692. The van der Waals surface area contributed by atoms with E-state index in [0.717, 1.165) is 55.2 Å². The van der Waals surface area contributed by atoms with Gasteiger partial charge in [0.2, 0.25) is 0 Å². The van der Waals surface area contributed by atoms with Crippen LogP contribution in [-0.2, 0) is 24.1 Å². The molecule has 3 rings (SSSR count). The summed E-state index contributed by atoms with van der Waals surface area (Å²) in [4.78, 5) is 4.70. The lowest BCUT2D eigenvalue weighted by Gasteiger charge is -2.25. The summed E-state index contributed by atoms with van der Waals surface area (Å²) in [5.41, 5.74) is 3.15. The van der Waals surface area contributed by atoms with Gasteiger partial charge >= 0.3 is 0 Å². The third-order valence-corrected chi connectivity index (χ3v) is 4.06. The highest BCUT2D eigenvalue weighted by Gasteiger charge is 2.25. The summed E-state index contributed by atoms with van der Waals surface area (Å²) in [5.74, 6) is 1.39. The highest BCUT2D eigenvalue weighted by Crippen LogP contribution is 2.29. The normalized spacial score (nSPS) is 17.4. The van der Waals surface area contributed by atoms with Crippen molar-refractivity contribution < 1.29 is 4.74 Å². The minimum absolute atomic E-state index is 0.424. The maximum Gasteiger partial charge on any atom is 0.158 e. The molecule has 0 N–H and O–H groups in total. The van der Waals surface area contributed by atoms with Gasteiger partial charge in [0.05, 0.1) is 11.6 Å². The SMILES string of the molecule is CCc1nn(C)c2c1nc(CCl)n2C1CCOCC1. The number of hydrogen-bond acceptors (Lipinski definition) is 3. The average molecular weight is 283 g/mol. The van der Waals surface area contributed by atoms with Crippen LogP contribution in [0.15, 0.2) is 0 Å². The highest BCUT2D eigenvalue weighted by atomic mass is 35.5. The summed E-state index contributed by atoms with van der Waals surface area (Å²) < 4.78 is 9.66. The lowest BCUT2D eigenvalue weighted by Crippen LogP contribution is -2.21. The van der Waals surface area contributed by atoms with E-state index in [2.05, 4.69) is 16.6 Å². The van der Waals surface area contributed by atoms with Crippen molar-refractivity contribution in [2.45, 2.75) is 38.1 Å².